The van der Waals surface area contributed by atoms with Gasteiger partial charge < -0.3 is 5.32 Å². The van der Waals surface area contributed by atoms with E-state index < -0.39 is 0 Å². The third-order valence-electron chi connectivity index (χ3n) is 3.08. The molecule has 0 heterocycles. The van der Waals surface area contributed by atoms with E-state index in [1.807, 2.05) is 18.2 Å². The first-order valence-electron chi connectivity index (χ1n) is 6.93. The quantitative estimate of drug-likeness (QED) is 0.768. The van der Waals surface area contributed by atoms with Gasteiger partial charge >= 0.3 is 0 Å². The average Bonchev–Trinajstić information content (AvgIpc) is 2.44. The van der Waals surface area contributed by atoms with E-state index in [-0.39, 0.29) is 5.82 Å². The molecule has 0 aliphatic rings. The van der Waals surface area contributed by atoms with E-state index in [1.54, 1.807) is 17.8 Å². The van der Waals surface area contributed by atoms with Crippen LogP contribution in [0, 0.1) is 12.7 Å². The summed E-state index contributed by atoms with van der Waals surface area (Å²) in [7, 11) is 0. The largest absolute Gasteiger partial charge is 0.313 e. The van der Waals surface area contributed by atoms with Crippen LogP contribution in [0.3, 0.4) is 0 Å². The molecule has 0 fully saturated rings. The molecule has 3 heteroatoms. The van der Waals surface area contributed by atoms with Gasteiger partial charge in [0.15, 0.2) is 0 Å². The zero-order valence-corrected chi connectivity index (χ0v) is 12.8. The summed E-state index contributed by atoms with van der Waals surface area (Å²) in [5.74, 6) is -0.174. The van der Waals surface area contributed by atoms with Gasteiger partial charge in [-0.15, -0.1) is 0 Å². The topological polar surface area (TPSA) is 12.0 Å². The number of hydrogen-bond donors (Lipinski definition) is 1. The highest BCUT2D eigenvalue weighted by atomic mass is 32.2. The van der Waals surface area contributed by atoms with Crippen LogP contribution < -0.4 is 5.32 Å². The van der Waals surface area contributed by atoms with Crippen molar-refractivity contribution in [1.82, 2.24) is 5.32 Å². The van der Waals surface area contributed by atoms with E-state index in [0.29, 0.717) is 6.54 Å². The van der Waals surface area contributed by atoms with Crippen molar-refractivity contribution in [2.24, 2.45) is 0 Å². The van der Waals surface area contributed by atoms with E-state index in [0.717, 1.165) is 23.4 Å². The number of rotatable bonds is 6. The molecule has 0 aliphatic carbocycles. The Morgan fingerprint density at radius 3 is 2.65 bits per heavy atom. The molecule has 2 rings (SSSR count). The molecule has 0 atom stereocenters. The Kier molecular flexibility index (Phi) is 5.62. The second-order valence-electron chi connectivity index (χ2n) is 4.80. The lowest BCUT2D eigenvalue weighted by Crippen LogP contribution is -2.14. The Morgan fingerprint density at radius 2 is 1.90 bits per heavy atom. The van der Waals surface area contributed by atoms with Crippen LogP contribution in [0.5, 0.6) is 0 Å². The third-order valence-corrected chi connectivity index (χ3v) is 4.37. The zero-order chi connectivity index (χ0) is 14.4. The van der Waals surface area contributed by atoms with Crippen molar-refractivity contribution in [3.8, 4) is 0 Å². The molecule has 2 aromatic rings. The smallest absolute Gasteiger partial charge is 0.123 e. The fourth-order valence-corrected chi connectivity index (χ4v) is 2.99. The van der Waals surface area contributed by atoms with Crippen LogP contribution in [0.1, 0.15) is 24.5 Å². The van der Waals surface area contributed by atoms with Gasteiger partial charge in [0.25, 0.3) is 0 Å². The van der Waals surface area contributed by atoms with Crippen molar-refractivity contribution in [1.29, 1.82) is 0 Å². The molecule has 1 N–H and O–H groups in total. The number of halogens is 1. The third kappa shape index (κ3) is 4.09. The second kappa shape index (κ2) is 7.46. The predicted molar refractivity (Wildman–Crippen MR) is 83.7 cm³/mol. The summed E-state index contributed by atoms with van der Waals surface area (Å²) in [5.41, 5.74) is 2.26. The molecule has 1 nitrogen and oxygen atoms in total. The SMILES string of the molecule is CCCNCc1cc(F)ccc1Sc1ccccc1C. The fraction of sp³-hybridized carbons (Fsp3) is 0.294. The summed E-state index contributed by atoms with van der Waals surface area (Å²) in [4.78, 5) is 2.33. The van der Waals surface area contributed by atoms with Crippen LogP contribution in [0.25, 0.3) is 0 Å². The van der Waals surface area contributed by atoms with Gasteiger partial charge in [-0.2, -0.15) is 0 Å². The Morgan fingerprint density at radius 1 is 1.10 bits per heavy atom. The van der Waals surface area contributed by atoms with E-state index in [9.17, 15) is 4.39 Å². The van der Waals surface area contributed by atoms with E-state index in [2.05, 4.69) is 31.3 Å². The van der Waals surface area contributed by atoms with Crippen LogP contribution >= 0.6 is 11.8 Å². The Hall–Kier alpha value is -1.32. The van der Waals surface area contributed by atoms with Crippen molar-refractivity contribution >= 4 is 11.8 Å². The van der Waals surface area contributed by atoms with Gasteiger partial charge in [-0.25, -0.2) is 4.39 Å². The minimum atomic E-state index is -0.174. The molecule has 0 spiro atoms. The van der Waals surface area contributed by atoms with Gasteiger partial charge in [0.05, 0.1) is 0 Å². The average molecular weight is 289 g/mol. The van der Waals surface area contributed by atoms with Crippen molar-refractivity contribution in [2.45, 2.75) is 36.6 Å². The summed E-state index contributed by atoms with van der Waals surface area (Å²) < 4.78 is 13.4. The molecule has 0 aliphatic heterocycles. The van der Waals surface area contributed by atoms with Gasteiger partial charge in [0.2, 0.25) is 0 Å². The maximum atomic E-state index is 13.4. The molecule has 0 aromatic heterocycles. The van der Waals surface area contributed by atoms with Gasteiger partial charge in [-0.05, 0) is 55.3 Å². The van der Waals surface area contributed by atoms with Crippen molar-refractivity contribution < 1.29 is 4.39 Å². The van der Waals surface area contributed by atoms with Crippen LogP contribution in [-0.2, 0) is 6.54 Å². The molecule has 0 bridgehead atoms. The summed E-state index contributed by atoms with van der Waals surface area (Å²) in [5, 5.41) is 3.34. The normalized spacial score (nSPS) is 10.8. The molecule has 106 valence electrons. The highest BCUT2D eigenvalue weighted by Gasteiger charge is 2.07. The van der Waals surface area contributed by atoms with E-state index in [1.165, 1.54) is 16.5 Å². The highest BCUT2D eigenvalue weighted by Crippen LogP contribution is 2.32. The lowest BCUT2D eigenvalue weighted by atomic mass is 10.2. The van der Waals surface area contributed by atoms with Crippen molar-refractivity contribution in [2.75, 3.05) is 6.54 Å². The van der Waals surface area contributed by atoms with Crippen LogP contribution in [0.15, 0.2) is 52.3 Å². The standard InChI is InChI=1S/C17H20FNS/c1-3-10-19-12-14-11-15(18)8-9-17(14)20-16-7-5-4-6-13(16)2/h4-9,11,19H,3,10,12H2,1-2H3. The first-order chi connectivity index (χ1) is 9.70. The van der Waals surface area contributed by atoms with Crippen LogP contribution in [0.2, 0.25) is 0 Å². The van der Waals surface area contributed by atoms with Gasteiger partial charge in [0, 0.05) is 16.3 Å². The summed E-state index contributed by atoms with van der Waals surface area (Å²) in [6, 6.07) is 13.3. The first kappa shape index (κ1) is 15.1. The van der Waals surface area contributed by atoms with Gasteiger partial charge in [-0.3, -0.25) is 0 Å². The van der Waals surface area contributed by atoms with E-state index in [4.69, 9.17) is 0 Å². The Bertz CT molecular complexity index is 569. The molecular formula is C17H20FNS. The maximum Gasteiger partial charge on any atom is 0.123 e. The van der Waals surface area contributed by atoms with Crippen molar-refractivity contribution in [3.63, 3.8) is 0 Å². The molecule has 0 unspecified atom stereocenters. The second-order valence-corrected chi connectivity index (χ2v) is 5.88. The van der Waals surface area contributed by atoms with Crippen LogP contribution in [0.4, 0.5) is 4.39 Å². The minimum Gasteiger partial charge on any atom is -0.313 e. The van der Waals surface area contributed by atoms with Gasteiger partial charge in [-0.1, -0.05) is 36.9 Å². The first-order valence-corrected chi connectivity index (χ1v) is 7.75. The zero-order valence-electron chi connectivity index (χ0n) is 11.9. The Balaban J connectivity index is 2.20. The minimum absolute atomic E-state index is 0.174. The molecule has 0 saturated heterocycles. The number of hydrogen-bond acceptors (Lipinski definition) is 2. The number of benzene rings is 2. The lowest BCUT2D eigenvalue weighted by Gasteiger charge is -2.11. The molecule has 2 aromatic carbocycles. The molecular weight excluding hydrogens is 269 g/mol. The molecule has 0 radical (unpaired) electrons. The molecule has 0 saturated carbocycles. The highest BCUT2D eigenvalue weighted by molar-refractivity contribution is 7.99. The molecule has 0 amide bonds. The fourth-order valence-electron chi connectivity index (χ4n) is 1.97. The monoisotopic (exact) mass is 289 g/mol. The summed E-state index contributed by atoms with van der Waals surface area (Å²) in [6.45, 7) is 5.88. The van der Waals surface area contributed by atoms with E-state index >= 15 is 0 Å². The predicted octanol–water partition coefficient (Wildman–Crippen LogP) is 4.78. The summed E-state index contributed by atoms with van der Waals surface area (Å²) in [6.07, 6.45) is 1.08. The van der Waals surface area contributed by atoms with Crippen molar-refractivity contribution in [3.05, 3.63) is 59.4 Å². The number of nitrogens with one attached hydrogen (secondary N) is 1. The van der Waals surface area contributed by atoms with Crippen LogP contribution in [-0.4, -0.2) is 6.54 Å². The van der Waals surface area contributed by atoms with Gasteiger partial charge in [0.1, 0.15) is 5.82 Å². The maximum absolute atomic E-state index is 13.4. The molecule has 20 heavy (non-hydrogen) atoms. The lowest BCUT2D eigenvalue weighted by molar-refractivity contribution is 0.615. The summed E-state index contributed by atoms with van der Waals surface area (Å²) >= 11 is 1.70. The Labute approximate surface area is 124 Å². The number of aryl methyl sites for hydroxylation is 1.